The van der Waals surface area contributed by atoms with Crippen molar-refractivity contribution >= 4 is 22.9 Å². The number of nitrogens with one attached hydrogen (secondary N) is 1. The molecular formula is C15H16F2N2OS. The van der Waals surface area contributed by atoms with Crippen molar-refractivity contribution in [2.75, 3.05) is 12.4 Å². The molecule has 0 spiro atoms. The Morgan fingerprint density at radius 1 is 1.38 bits per heavy atom. The molecule has 1 amide bonds. The smallest absolute Gasteiger partial charge is 0.241 e. The normalized spacial score (nSPS) is 12.4. The average molecular weight is 310 g/mol. The number of likely N-dealkylation sites (N-methyl/N-ethyl adjacent to an activating group) is 1. The molecular weight excluding hydrogens is 294 g/mol. The van der Waals surface area contributed by atoms with E-state index in [0.717, 1.165) is 17.7 Å². The van der Waals surface area contributed by atoms with Gasteiger partial charge in [0.1, 0.15) is 11.6 Å². The van der Waals surface area contributed by atoms with Crippen LogP contribution in [0.25, 0.3) is 0 Å². The van der Waals surface area contributed by atoms with Crippen molar-refractivity contribution in [1.29, 1.82) is 0 Å². The van der Waals surface area contributed by atoms with E-state index in [-0.39, 0.29) is 11.6 Å². The van der Waals surface area contributed by atoms with E-state index in [0.29, 0.717) is 6.54 Å². The summed E-state index contributed by atoms with van der Waals surface area (Å²) in [7, 11) is 1.82. The van der Waals surface area contributed by atoms with E-state index in [1.807, 2.05) is 28.8 Å². The average Bonchev–Trinajstić information content (AvgIpc) is 2.93. The Labute approximate surface area is 126 Å². The Morgan fingerprint density at radius 2 is 2.14 bits per heavy atom. The molecule has 0 radical (unpaired) electrons. The molecule has 1 unspecified atom stereocenters. The van der Waals surface area contributed by atoms with E-state index in [4.69, 9.17) is 0 Å². The molecule has 2 rings (SSSR count). The second kappa shape index (κ2) is 6.78. The van der Waals surface area contributed by atoms with E-state index in [1.165, 1.54) is 6.07 Å². The summed E-state index contributed by atoms with van der Waals surface area (Å²) in [5, 5.41) is 6.47. The third-order valence-electron chi connectivity index (χ3n) is 3.24. The first kappa shape index (κ1) is 15.6. The van der Waals surface area contributed by atoms with Crippen molar-refractivity contribution in [3.63, 3.8) is 0 Å². The molecule has 0 saturated heterocycles. The van der Waals surface area contributed by atoms with Crippen LogP contribution in [-0.2, 0) is 11.3 Å². The molecule has 112 valence electrons. The SMILES string of the molecule is CC(C(=O)Nc1ccc(F)cc1F)N(C)Cc1ccsc1. The van der Waals surface area contributed by atoms with E-state index in [1.54, 1.807) is 18.3 Å². The third-order valence-corrected chi connectivity index (χ3v) is 3.97. The molecule has 0 aliphatic heterocycles. The van der Waals surface area contributed by atoms with Gasteiger partial charge in [-0.25, -0.2) is 8.78 Å². The lowest BCUT2D eigenvalue weighted by molar-refractivity contribution is -0.120. The van der Waals surface area contributed by atoms with Crippen molar-refractivity contribution < 1.29 is 13.6 Å². The number of benzene rings is 1. The number of thiophene rings is 1. The van der Waals surface area contributed by atoms with E-state index in [9.17, 15) is 13.6 Å². The predicted molar refractivity (Wildman–Crippen MR) is 80.2 cm³/mol. The fourth-order valence-corrected chi connectivity index (χ4v) is 2.50. The summed E-state index contributed by atoms with van der Waals surface area (Å²) in [5.74, 6) is -1.79. The molecule has 0 aliphatic carbocycles. The number of halogens is 2. The number of anilines is 1. The Hall–Kier alpha value is -1.79. The van der Waals surface area contributed by atoms with Crippen molar-refractivity contribution in [2.45, 2.75) is 19.5 Å². The van der Waals surface area contributed by atoms with Crippen LogP contribution < -0.4 is 5.32 Å². The third kappa shape index (κ3) is 4.09. The van der Waals surface area contributed by atoms with Gasteiger partial charge in [-0.05, 0) is 48.5 Å². The molecule has 1 N–H and O–H groups in total. The number of rotatable bonds is 5. The summed E-state index contributed by atoms with van der Waals surface area (Å²) in [5.41, 5.74) is 1.10. The van der Waals surface area contributed by atoms with Crippen LogP contribution in [0, 0.1) is 11.6 Å². The molecule has 0 bridgehead atoms. The first-order valence-corrected chi connectivity index (χ1v) is 7.39. The summed E-state index contributed by atoms with van der Waals surface area (Å²) in [6, 6.07) is 4.63. The zero-order chi connectivity index (χ0) is 15.4. The van der Waals surface area contributed by atoms with E-state index < -0.39 is 17.7 Å². The lowest BCUT2D eigenvalue weighted by Gasteiger charge is -2.23. The van der Waals surface area contributed by atoms with E-state index in [2.05, 4.69) is 5.32 Å². The predicted octanol–water partition coefficient (Wildman–Crippen LogP) is 3.49. The molecule has 0 fully saturated rings. The topological polar surface area (TPSA) is 32.3 Å². The van der Waals surface area contributed by atoms with Crippen molar-refractivity contribution in [3.05, 3.63) is 52.2 Å². The molecule has 1 aromatic heterocycles. The molecule has 1 atom stereocenters. The second-order valence-electron chi connectivity index (χ2n) is 4.84. The van der Waals surface area contributed by atoms with Crippen LogP contribution in [0.1, 0.15) is 12.5 Å². The summed E-state index contributed by atoms with van der Waals surface area (Å²) >= 11 is 1.60. The van der Waals surface area contributed by atoms with Gasteiger partial charge in [0.15, 0.2) is 0 Å². The quantitative estimate of drug-likeness (QED) is 0.917. The molecule has 1 aromatic carbocycles. The van der Waals surface area contributed by atoms with Gasteiger partial charge in [-0.2, -0.15) is 11.3 Å². The Bertz CT molecular complexity index is 616. The van der Waals surface area contributed by atoms with Gasteiger partial charge in [-0.1, -0.05) is 0 Å². The van der Waals surface area contributed by atoms with Crippen LogP contribution in [0.4, 0.5) is 14.5 Å². The number of carbonyl (C=O) groups excluding carboxylic acids is 1. The Kier molecular flexibility index (Phi) is 5.03. The van der Waals surface area contributed by atoms with Crippen LogP contribution in [0.5, 0.6) is 0 Å². The van der Waals surface area contributed by atoms with Crippen LogP contribution in [0.15, 0.2) is 35.0 Å². The highest BCUT2D eigenvalue weighted by atomic mass is 32.1. The lowest BCUT2D eigenvalue weighted by atomic mass is 10.2. The molecule has 2 aromatic rings. The summed E-state index contributed by atoms with van der Waals surface area (Å²) < 4.78 is 26.3. The fraction of sp³-hybridized carbons (Fsp3) is 0.267. The summed E-state index contributed by atoms with van der Waals surface area (Å²) in [6.45, 7) is 2.37. The maximum atomic E-state index is 13.5. The second-order valence-corrected chi connectivity index (χ2v) is 5.62. The monoisotopic (exact) mass is 310 g/mol. The summed E-state index contributed by atoms with van der Waals surface area (Å²) in [4.78, 5) is 14.0. The minimum absolute atomic E-state index is 0.0165. The zero-order valence-electron chi connectivity index (χ0n) is 11.8. The zero-order valence-corrected chi connectivity index (χ0v) is 12.6. The minimum Gasteiger partial charge on any atom is -0.322 e. The van der Waals surface area contributed by atoms with Crippen molar-refractivity contribution in [2.24, 2.45) is 0 Å². The molecule has 3 nitrogen and oxygen atoms in total. The maximum Gasteiger partial charge on any atom is 0.241 e. The van der Waals surface area contributed by atoms with Gasteiger partial charge in [-0.15, -0.1) is 0 Å². The van der Waals surface area contributed by atoms with Crippen molar-refractivity contribution in [3.8, 4) is 0 Å². The van der Waals surface area contributed by atoms with Gasteiger partial charge < -0.3 is 5.32 Å². The van der Waals surface area contributed by atoms with Crippen LogP contribution in [0.3, 0.4) is 0 Å². The largest absolute Gasteiger partial charge is 0.322 e. The highest BCUT2D eigenvalue weighted by Gasteiger charge is 2.19. The number of hydrogen-bond acceptors (Lipinski definition) is 3. The molecule has 21 heavy (non-hydrogen) atoms. The molecule has 0 saturated carbocycles. The number of carbonyl (C=O) groups is 1. The van der Waals surface area contributed by atoms with Crippen LogP contribution in [0.2, 0.25) is 0 Å². The fourth-order valence-electron chi connectivity index (χ4n) is 1.84. The van der Waals surface area contributed by atoms with Gasteiger partial charge in [0.2, 0.25) is 5.91 Å². The molecule has 6 heteroatoms. The maximum absolute atomic E-state index is 13.5. The molecule has 0 aliphatic rings. The number of amides is 1. The molecule has 1 heterocycles. The number of nitrogens with zero attached hydrogens (tertiary/aromatic N) is 1. The van der Waals surface area contributed by atoms with Crippen LogP contribution in [-0.4, -0.2) is 23.9 Å². The highest BCUT2D eigenvalue weighted by Crippen LogP contribution is 2.16. The Morgan fingerprint density at radius 3 is 2.76 bits per heavy atom. The number of hydrogen-bond donors (Lipinski definition) is 1. The first-order valence-electron chi connectivity index (χ1n) is 6.44. The lowest BCUT2D eigenvalue weighted by Crippen LogP contribution is -2.39. The van der Waals surface area contributed by atoms with E-state index >= 15 is 0 Å². The minimum atomic E-state index is -0.781. The highest BCUT2D eigenvalue weighted by molar-refractivity contribution is 7.07. The van der Waals surface area contributed by atoms with Crippen molar-refractivity contribution in [1.82, 2.24) is 4.90 Å². The van der Waals surface area contributed by atoms with Gasteiger partial charge in [0.25, 0.3) is 0 Å². The van der Waals surface area contributed by atoms with Crippen LogP contribution >= 0.6 is 11.3 Å². The van der Waals surface area contributed by atoms with Gasteiger partial charge in [0.05, 0.1) is 11.7 Å². The first-order chi connectivity index (χ1) is 9.97. The standard InChI is InChI=1S/C15H16F2N2OS/c1-10(19(2)8-11-5-6-21-9-11)15(20)18-14-4-3-12(16)7-13(14)17/h3-7,9-10H,8H2,1-2H3,(H,18,20). The van der Waals surface area contributed by atoms with Gasteiger partial charge in [0, 0.05) is 12.6 Å². The summed E-state index contributed by atoms with van der Waals surface area (Å²) in [6.07, 6.45) is 0. The Balaban J connectivity index is 1.98. The van der Waals surface area contributed by atoms with Gasteiger partial charge in [-0.3, -0.25) is 9.69 Å². The van der Waals surface area contributed by atoms with Gasteiger partial charge >= 0.3 is 0 Å².